The lowest BCUT2D eigenvalue weighted by atomic mass is 10.00. The normalized spacial score (nSPS) is 25.9. The van der Waals surface area contributed by atoms with E-state index in [0.717, 1.165) is 25.7 Å². The first kappa shape index (κ1) is 33.2. The summed E-state index contributed by atoms with van der Waals surface area (Å²) in [4.78, 5) is 27.1. The Labute approximate surface area is 206 Å². The smallest absolute Gasteiger partial charge is 0.410 e. The molecular weight excluding hydrogens is 455 g/mol. The number of nitrogens with zero attached hydrogens (tertiary/aromatic N) is 2. The summed E-state index contributed by atoms with van der Waals surface area (Å²) < 4.78 is 10.7. The third kappa shape index (κ3) is 12.3. The largest absolute Gasteiger partial charge is 0.444 e. The Bertz CT molecular complexity index is 531. The highest BCUT2D eigenvalue weighted by Crippen LogP contribution is 2.20. The summed E-state index contributed by atoms with van der Waals surface area (Å²) in [6.07, 6.45) is 3.01. The second-order valence-electron chi connectivity index (χ2n) is 10.6. The standard InChI is InChI=1S/2C11H22N2O2.2ClH/c2*1-8-7-9(12)5-6-13(8)10(14)15-11(2,3)4;;/h2*8-9H,5-7,12H2,1-4H3;2*1H/t2*8-,9+;;/m10../s1. The Morgan fingerprint density at radius 3 is 1.22 bits per heavy atom. The Morgan fingerprint density at radius 1 is 0.719 bits per heavy atom. The van der Waals surface area contributed by atoms with Crippen molar-refractivity contribution in [2.75, 3.05) is 13.1 Å². The molecule has 0 radical (unpaired) electrons. The van der Waals surface area contributed by atoms with Crippen LogP contribution in [-0.4, -0.2) is 70.4 Å². The molecule has 32 heavy (non-hydrogen) atoms. The molecule has 0 aromatic carbocycles. The molecule has 0 aromatic heterocycles. The number of nitrogens with two attached hydrogens (primary N) is 2. The maximum Gasteiger partial charge on any atom is 0.410 e. The first-order valence-electron chi connectivity index (χ1n) is 11.1. The van der Waals surface area contributed by atoms with Crippen molar-refractivity contribution in [1.29, 1.82) is 0 Å². The highest BCUT2D eigenvalue weighted by Gasteiger charge is 2.31. The van der Waals surface area contributed by atoms with E-state index in [2.05, 4.69) is 0 Å². The van der Waals surface area contributed by atoms with Gasteiger partial charge in [-0.15, -0.1) is 24.8 Å². The molecule has 0 saturated carbocycles. The molecule has 2 rings (SSSR count). The number of amides is 2. The van der Waals surface area contributed by atoms with Crippen molar-refractivity contribution in [3.8, 4) is 0 Å². The van der Waals surface area contributed by atoms with Gasteiger partial charge in [-0.05, 0) is 81.1 Å². The van der Waals surface area contributed by atoms with Crippen LogP contribution in [0.3, 0.4) is 0 Å². The van der Waals surface area contributed by atoms with Crippen LogP contribution in [0.25, 0.3) is 0 Å². The van der Waals surface area contributed by atoms with Crippen LogP contribution in [0.4, 0.5) is 9.59 Å². The number of piperidine rings is 2. The summed E-state index contributed by atoms with van der Waals surface area (Å²) in [6, 6.07) is 0.810. The monoisotopic (exact) mass is 500 g/mol. The zero-order chi connectivity index (χ0) is 23.3. The number of hydrogen-bond donors (Lipinski definition) is 2. The predicted octanol–water partition coefficient (Wildman–Crippen LogP) is 4.31. The number of likely N-dealkylation sites (tertiary alicyclic amines) is 2. The van der Waals surface area contributed by atoms with Crippen LogP contribution in [0, 0.1) is 0 Å². The van der Waals surface area contributed by atoms with Crippen molar-refractivity contribution in [3.63, 3.8) is 0 Å². The van der Waals surface area contributed by atoms with Gasteiger partial charge < -0.3 is 30.7 Å². The molecule has 2 heterocycles. The Morgan fingerprint density at radius 2 is 1.00 bits per heavy atom. The molecule has 2 aliphatic rings. The average Bonchev–Trinajstić information content (AvgIpc) is 2.51. The van der Waals surface area contributed by atoms with Crippen LogP contribution in [0.2, 0.25) is 0 Å². The molecule has 2 saturated heterocycles. The quantitative estimate of drug-likeness (QED) is 0.512. The maximum absolute atomic E-state index is 11.8. The Hall–Kier alpha value is -0.960. The fourth-order valence-corrected chi connectivity index (χ4v) is 3.60. The summed E-state index contributed by atoms with van der Waals surface area (Å²) in [5, 5.41) is 0. The summed E-state index contributed by atoms with van der Waals surface area (Å²) in [5.74, 6) is 0. The van der Waals surface area contributed by atoms with Crippen molar-refractivity contribution >= 4 is 37.0 Å². The molecule has 0 aliphatic carbocycles. The SMILES string of the molecule is C[C@@H]1C[C@@H](N)CCN1C(=O)OC(C)(C)C.C[C@H]1C[C@H](N)CCN1C(=O)OC(C)(C)C.Cl.Cl. The summed E-state index contributed by atoms with van der Waals surface area (Å²) in [7, 11) is 0. The zero-order valence-corrected chi connectivity index (χ0v) is 22.7. The van der Waals surface area contributed by atoms with E-state index in [0.29, 0.717) is 13.1 Å². The van der Waals surface area contributed by atoms with Crippen LogP contribution < -0.4 is 11.5 Å². The Kier molecular flexibility index (Phi) is 14.2. The number of carbonyl (C=O) groups is 2. The summed E-state index contributed by atoms with van der Waals surface area (Å²) >= 11 is 0. The fraction of sp³-hybridized carbons (Fsp3) is 0.909. The minimum atomic E-state index is -0.420. The van der Waals surface area contributed by atoms with Crippen LogP contribution in [-0.2, 0) is 9.47 Å². The molecule has 2 fully saturated rings. The molecular formula is C22H46Cl2N4O4. The molecule has 192 valence electrons. The lowest BCUT2D eigenvalue weighted by Crippen LogP contribution is -2.49. The van der Waals surface area contributed by atoms with Crippen LogP contribution in [0.1, 0.15) is 81.1 Å². The molecule has 4 N–H and O–H groups in total. The van der Waals surface area contributed by atoms with Crippen molar-refractivity contribution in [3.05, 3.63) is 0 Å². The second kappa shape index (κ2) is 13.7. The van der Waals surface area contributed by atoms with Crippen molar-refractivity contribution in [2.45, 2.75) is 116 Å². The molecule has 10 heteroatoms. The van der Waals surface area contributed by atoms with Gasteiger partial charge in [-0.2, -0.15) is 0 Å². The minimum Gasteiger partial charge on any atom is -0.444 e. The van der Waals surface area contributed by atoms with E-state index < -0.39 is 11.2 Å². The lowest BCUT2D eigenvalue weighted by Gasteiger charge is -2.37. The number of ether oxygens (including phenoxy) is 2. The highest BCUT2D eigenvalue weighted by molar-refractivity contribution is 5.85. The number of hydrogen-bond acceptors (Lipinski definition) is 6. The van der Waals surface area contributed by atoms with Gasteiger partial charge in [0.25, 0.3) is 0 Å². The van der Waals surface area contributed by atoms with Gasteiger partial charge in [0.1, 0.15) is 11.2 Å². The molecule has 4 atom stereocenters. The molecule has 0 unspecified atom stereocenters. The lowest BCUT2D eigenvalue weighted by molar-refractivity contribution is 0.00950. The van der Waals surface area contributed by atoms with Crippen molar-refractivity contribution in [2.24, 2.45) is 11.5 Å². The summed E-state index contributed by atoms with van der Waals surface area (Å²) in [6.45, 7) is 16.7. The summed E-state index contributed by atoms with van der Waals surface area (Å²) in [5.41, 5.74) is 10.8. The average molecular weight is 502 g/mol. The fourth-order valence-electron chi connectivity index (χ4n) is 3.60. The van der Waals surface area contributed by atoms with E-state index in [4.69, 9.17) is 20.9 Å². The van der Waals surface area contributed by atoms with Crippen molar-refractivity contribution < 1.29 is 19.1 Å². The van der Waals surface area contributed by atoms with E-state index in [1.54, 1.807) is 9.80 Å². The number of carbonyl (C=O) groups excluding carboxylic acids is 2. The first-order chi connectivity index (χ1) is 13.6. The van der Waals surface area contributed by atoms with E-state index in [9.17, 15) is 9.59 Å². The van der Waals surface area contributed by atoms with Gasteiger partial charge in [-0.1, -0.05) is 0 Å². The maximum atomic E-state index is 11.8. The predicted molar refractivity (Wildman–Crippen MR) is 134 cm³/mol. The van der Waals surface area contributed by atoms with E-state index in [1.807, 2.05) is 55.4 Å². The molecule has 2 aliphatic heterocycles. The second-order valence-corrected chi connectivity index (χ2v) is 10.6. The van der Waals surface area contributed by atoms with E-state index >= 15 is 0 Å². The molecule has 0 bridgehead atoms. The Balaban J connectivity index is 0. The topological polar surface area (TPSA) is 111 Å². The van der Waals surface area contributed by atoms with E-state index in [-0.39, 0.29) is 61.2 Å². The third-order valence-corrected chi connectivity index (χ3v) is 5.09. The van der Waals surface area contributed by atoms with Gasteiger partial charge in [-0.3, -0.25) is 0 Å². The van der Waals surface area contributed by atoms with Gasteiger partial charge in [0.15, 0.2) is 0 Å². The van der Waals surface area contributed by atoms with Gasteiger partial charge in [-0.25, -0.2) is 9.59 Å². The molecule has 0 spiro atoms. The van der Waals surface area contributed by atoms with Crippen molar-refractivity contribution in [1.82, 2.24) is 9.80 Å². The van der Waals surface area contributed by atoms with Crippen LogP contribution in [0.5, 0.6) is 0 Å². The van der Waals surface area contributed by atoms with Gasteiger partial charge in [0.05, 0.1) is 0 Å². The molecule has 0 aromatic rings. The number of rotatable bonds is 0. The molecule has 2 amide bonds. The van der Waals surface area contributed by atoms with Gasteiger partial charge in [0, 0.05) is 37.3 Å². The zero-order valence-electron chi connectivity index (χ0n) is 21.1. The van der Waals surface area contributed by atoms with Gasteiger partial charge in [0.2, 0.25) is 0 Å². The minimum absolute atomic E-state index is 0. The van der Waals surface area contributed by atoms with Gasteiger partial charge >= 0.3 is 12.2 Å². The third-order valence-electron chi connectivity index (χ3n) is 5.09. The van der Waals surface area contributed by atoms with E-state index in [1.165, 1.54) is 0 Å². The van der Waals surface area contributed by atoms with Crippen LogP contribution >= 0.6 is 24.8 Å². The first-order valence-corrected chi connectivity index (χ1v) is 11.1. The number of halogens is 2. The molecule has 8 nitrogen and oxygen atoms in total. The van der Waals surface area contributed by atoms with Crippen LogP contribution in [0.15, 0.2) is 0 Å². The highest BCUT2D eigenvalue weighted by atomic mass is 35.5.